The number of aliphatic hydroxyl groups excluding tert-OH is 2. The zero-order chi connectivity index (χ0) is 45.6. The third kappa shape index (κ3) is 11.4. The summed E-state index contributed by atoms with van der Waals surface area (Å²) < 4.78 is 32.0. The quantitative estimate of drug-likeness (QED) is 0.0507. The number of methoxy groups -OCH3 is 1. The standard InChI is InChI=1S/C52H67N3O10/c1-4-25-55(47(58)31-37-18-15-20-39(30-37)60-3)46-34-44(54-65-48-22-11-14-29-61-48)42-32-38(19-9-12-26-56)41(21-10-13-27-57)49-43-33-40(63-51(59)53-35-36-16-7-6-8-17-36)23-24-45(43)64-52(46,50(42)49)62-28-5-2/h5-8,15-18,20,23-24,30,32-33,38,41,46,48-50,56-57H,2,4,9-14,19,21-22,25-29,31,34-35H2,1,3H3,(H,53,59). The molecule has 13 heteroatoms. The van der Waals surface area contributed by atoms with Crippen molar-refractivity contribution in [3.05, 3.63) is 114 Å². The number of hydrogen-bond donors (Lipinski definition) is 3. The van der Waals surface area contributed by atoms with Gasteiger partial charge in [-0.2, -0.15) is 0 Å². The van der Waals surface area contributed by atoms with Gasteiger partial charge in [-0.15, -0.1) is 6.58 Å². The number of aliphatic hydroxyl groups is 2. The summed E-state index contributed by atoms with van der Waals surface area (Å²) >= 11 is 0. The summed E-state index contributed by atoms with van der Waals surface area (Å²) in [5.74, 6) is -0.671. The number of oxime groups is 1. The van der Waals surface area contributed by atoms with E-state index in [1.807, 2.05) is 71.6 Å². The number of amides is 2. The van der Waals surface area contributed by atoms with Crippen LogP contribution in [0.5, 0.6) is 17.2 Å². The molecule has 7 unspecified atom stereocenters. The maximum absolute atomic E-state index is 15.0. The molecule has 2 heterocycles. The Morgan fingerprint density at radius 1 is 0.969 bits per heavy atom. The minimum Gasteiger partial charge on any atom is -0.497 e. The fraction of sp³-hybridized carbons (Fsp3) is 0.519. The number of ether oxygens (including phenoxy) is 5. The predicted molar refractivity (Wildman–Crippen MR) is 248 cm³/mol. The van der Waals surface area contributed by atoms with Gasteiger partial charge in [0.25, 0.3) is 0 Å². The second-order valence-corrected chi connectivity index (χ2v) is 17.5. The van der Waals surface area contributed by atoms with Crippen LogP contribution in [-0.2, 0) is 32.1 Å². The molecule has 0 bridgehead atoms. The monoisotopic (exact) mass is 893 g/mol. The average Bonchev–Trinajstić information content (AvgIpc) is 3.33. The highest BCUT2D eigenvalue weighted by molar-refractivity contribution is 6.03. The van der Waals surface area contributed by atoms with E-state index in [0.29, 0.717) is 68.3 Å². The molecule has 1 saturated heterocycles. The molecule has 0 radical (unpaired) electrons. The Kier molecular flexibility index (Phi) is 17.1. The molecular formula is C52H67N3O10. The van der Waals surface area contributed by atoms with Crippen molar-refractivity contribution < 1.29 is 48.3 Å². The Morgan fingerprint density at radius 3 is 2.51 bits per heavy atom. The number of nitrogens with zero attached hydrogens (tertiary/aromatic N) is 2. The summed E-state index contributed by atoms with van der Waals surface area (Å²) in [5, 5.41) is 27.8. The Balaban J connectivity index is 1.38. The number of fused-ring (bicyclic) bond motifs is 2. The fourth-order valence-electron chi connectivity index (χ4n) is 10.3. The molecule has 0 aromatic heterocycles. The molecule has 350 valence electrons. The zero-order valence-corrected chi connectivity index (χ0v) is 38.0. The van der Waals surface area contributed by atoms with Gasteiger partial charge in [-0.05, 0) is 104 Å². The van der Waals surface area contributed by atoms with Crippen molar-refractivity contribution in [2.24, 2.45) is 22.9 Å². The molecule has 7 rings (SSSR count). The number of benzene rings is 3. The summed E-state index contributed by atoms with van der Waals surface area (Å²) in [6.45, 7) is 7.74. The minimum atomic E-state index is -1.42. The van der Waals surface area contributed by atoms with E-state index in [2.05, 4.69) is 24.9 Å². The maximum Gasteiger partial charge on any atom is 0.412 e. The number of allylic oxidation sites excluding steroid dienone is 1. The van der Waals surface area contributed by atoms with Crippen molar-refractivity contribution in [3.8, 4) is 17.2 Å². The number of carbonyl (C=O) groups excluding carboxylic acids is 2. The summed E-state index contributed by atoms with van der Waals surface area (Å²) in [6.07, 6.45) is 11.1. The van der Waals surface area contributed by atoms with Crippen molar-refractivity contribution in [2.75, 3.05) is 40.1 Å². The first-order valence-corrected chi connectivity index (χ1v) is 23.6. The predicted octanol–water partition coefficient (Wildman–Crippen LogP) is 8.63. The molecule has 3 aromatic carbocycles. The topological polar surface area (TPSA) is 158 Å². The Bertz CT molecular complexity index is 2100. The minimum absolute atomic E-state index is 0.000197. The van der Waals surface area contributed by atoms with Gasteiger partial charge in [0, 0.05) is 50.6 Å². The molecule has 3 aromatic rings. The van der Waals surface area contributed by atoms with Crippen molar-refractivity contribution in [1.82, 2.24) is 10.2 Å². The number of unbranched alkanes of at least 4 members (excludes halogenated alkanes) is 2. The first-order chi connectivity index (χ1) is 31.8. The van der Waals surface area contributed by atoms with E-state index in [9.17, 15) is 19.8 Å². The second-order valence-electron chi connectivity index (χ2n) is 17.5. The van der Waals surface area contributed by atoms with Gasteiger partial charge < -0.3 is 49.0 Å². The Labute approximate surface area is 383 Å². The fourth-order valence-corrected chi connectivity index (χ4v) is 10.3. The molecule has 2 aliphatic heterocycles. The van der Waals surface area contributed by atoms with Crippen LogP contribution in [0.3, 0.4) is 0 Å². The van der Waals surface area contributed by atoms with Crippen LogP contribution in [0.4, 0.5) is 4.79 Å². The van der Waals surface area contributed by atoms with Crippen LogP contribution in [0, 0.1) is 17.8 Å². The van der Waals surface area contributed by atoms with Crippen LogP contribution in [0.2, 0.25) is 0 Å². The first kappa shape index (κ1) is 47.7. The van der Waals surface area contributed by atoms with Crippen molar-refractivity contribution in [1.29, 1.82) is 0 Å². The van der Waals surface area contributed by atoms with Crippen molar-refractivity contribution in [3.63, 3.8) is 0 Å². The highest BCUT2D eigenvalue weighted by atomic mass is 16.8. The van der Waals surface area contributed by atoms with Gasteiger partial charge in [-0.25, -0.2) is 4.79 Å². The Morgan fingerprint density at radius 2 is 1.77 bits per heavy atom. The molecular weight excluding hydrogens is 827 g/mol. The first-order valence-electron chi connectivity index (χ1n) is 23.6. The summed E-state index contributed by atoms with van der Waals surface area (Å²) in [6, 6.07) is 22.1. The van der Waals surface area contributed by atoms with Gasteiger partial charge in [-0.1, -0.05) is 79.5 Å². The lowest BCUT2D eigenvalue weighted by molar-refractivity contribution is -0.257. The number of hydrogen-bond acceptors (Lipinski definition) is 11. The van der Waals surface area contributed by atoms with Gasteiger partial charge in [0.1, 0.15) is 23.3 Å². The lowest BCUT2D eigenvalue weighted by atomic mass is 9.55. The molecule has 13 nitrogen and oxygen atoms in total. The maximum atomic E-state index is 15.0. The number of nitrogens with one attached hydrogen (secondary N) is 1. The summed E-state index contributed by atoms with van der Waals surface area (Å²) in [4.78, 5) is 36.5. The molecule has 0 spiro atoms. The highest BCUT2D eigenvalue weighted by Crippen LogP contribution is 2.62. The molecule has 1 saturated carbocycles. The van der Waals surface area contributed by atoms with Crippen LogP contribution in [0.1, 0.15) is 100 Å². The van der Waals surface area contributed by atoms with E-state index in [-0.39, 0.29) is 56.3 Å². The smallest absolute Gasteiger partial charge is 0.412 e. The SMILES string of the molecule is C=CCOC12Oc3ccc(OC(=O)NCc4ccccc4)cc3C3C(CCCCO)C(CCCCO)C=C(C(=NOC4CCCCO4)CC1N(CCC)C(=O)Cc1cccc(OC)c1)C32. The van der Waals surface area contributed by atoms with E-state index < -0.39 is 30.1 Å². The molecule has 7 atom stereocenters. The van der Waals surface area contributed by atoms with E-state index >= 15 is 0 Å². The molecule has 2 fully saturated rings. The van der Waals surface area contributed by atoms with Gasteiger partial charge in [0.2, 0.25) is 18.0 Å². The van der Waals surface area contributed by atoms with Gasteiger partial charge in [-0.3, -0.25) is 4.79 Å². The van der Waals surface area contributed by atoms with Crippen LogP contribution < -0.4 is 19.5 Å². The van der Waals surface area contributed by atoms with Gasteiger partial charge in [0.15, 0.2) is 0 Å². The lowest BCUT2D eigenvalue weighted by Crippen LogP contribution is -2.70. The summed E-state index contributed by atoms with van der Waals surface area (Å²) in [5.41, 5.74) is 4.25. The average molecular weight is 894 g/mol. The highest BCUT2D eigenvalue weighted by Gasteiger charge is 2.65. The third-order valence-electron chi connectivity index (χ3n) is 13.2. The van der Waals surface area contributed by atoms with Gasteiger partial charge >= 0.3 is 6.09 Å². The molecule has 65 heavy (non-hydrogen) atoms. The number of carbonyl (C=O) groups is 2. The zero-order valence-electron chi connectivity index (χ0n) is 38.0. The van der Waals surface area contributed by atoms with E-state index in [1.165, 1.54) is 0 Å². The van der Waals surface area contributed by atoms with Gasteiger partial charge in [0.05, 0.1) is 38.4 Å². The van der Waals surface area contributed by atoms with Crippen LogP contribution in [0.15, 0.2) is 102 Å². The molecule has 2 amide bonds. The van der Waals surface area contributed by atoms with Crippen LogP contribution in [-0.4, -0.2) is 91.0 Å². The van der Waals surface area contributed by atoms with Crippen LogP contribution >= 0.6 is 0 Å². The normalized spacial score (nSPS) is 25.0. The van der Waals surface area contributed by atoms with E-state index in [0.717, 1.165) is 60.8 Å². The van der Waals surface area contributed by atoms with E-state index in [1.54, 1.807) is 19.3 Å². The lowest BCUT2D eigenvalue weighted by Gasteiger charge is -2.60. The third-order valence-corrected chi connectivity index (χ3v) is 13.2. The van der Waals surface area contributed by atoms with Crippen molar-refractivity contribution in [2.45, 2.75) is 115 Å². The van der Waals surface area contributed by atoms with E-state index in [4.69, 9.17) is 33.7 Å². The molecule has 3 N–H and O–H groups in total. The molecule has 2 aliphatic carbocycles. The molecule has 4 aliphatic rings. The van der Waals surface area contributed by atoms with Crippen LogP contribution in [0.25, 0.3) is 0 Å². The largest absolute Gasteiger partial charge is 0.497 e. The van der Waals surface area contributed by atoms with Crippen molar-refractivity contribution >= 4 is 17.7 Å². The summed E-state index contributed by atoms with van der Waals surface area (Å²) in [7, 11) is 1.61. The Hall–Kier alpha value is -5.21. The number of rotatable bonds is 22. The second kappa shape index (κ2) is 23.3.